The van der Waals surface area contributed by atoms with E-state index in [2.05, 4.69) is 9.97 Å². The predicted octanol–water partition coefficient (Wildman–Crippen LogP) is 1.83. The van der Waals surface area contributed by atoms with Crippen LogP contribution in [0.5, 0.6) is 5.75 Å². The summed E-state index contributed by atoms with van der Waals surface area (Å²) in [5, 5.41) is 0.698. The number of aromatic amines is 1. The third kappa shape index (κ3) is 1.92. The van der Waals surface area contributed by atoms with Crippen LogP contribution in [0.1, 0.15) is 25.7 Å². The highest BCUT2D eigenvalue weighted by atomic mass is 16.5. The van der Waals surface area contributed by atoms with Crippen molar-refractivity contribution in [2.24, 2.45) is 0 Å². The highest BCUT2D eigenvalue weighted by molar-refractivity contribution is 5.93. The Labute approximate surface area is 104 Å². The fraction of sp³-hybridized carbons (Fsp3) is 0.385. The summed E-state index contributed by atoms with van der Waals surface area (Å²) in [6, 6.07) is 5.52. The first-order chi connectivity index (χ1) is 8.74. The van der Waals surface area contributed by atoms with Crippen LogP contribution in [0.4, 0.5) is 5.82 Å². The Morgan fingerprint density at radius 2 is 2.11 bits per heavy atom. The topological polar surface area (TPSA) is 81.0 Å². The highest BCUT2D eigenvalue weighted by Crippen LogP contribution is 2.31. The number of fused-ring (bicyclic) bond motifs is 1. The number of H-pyrrole nitrogens is 1. The average molecular weight is 245 g/mol. The lowest BCUT2D eigenvalue weighted by atomic mass is 10.2. The van der Waals surface area contributed by atoms with Gasteiger partial charge in [-0.25, -0.2) is 4.79 Å². The van der Waals surface area contributed by atoms with E-state index < -0.39 is 5.69 Å². The molecule has 0 bridgehead atoms. The Hall–Kier alpha value is -2.04. The molecule has 0 aliphatic heterocycles. The molecule has 2 aromatic rings. The number of hydrogen-bond acceptors (Lipinski definition) is 4. The Bertz CT molecular complexity index is 630. The fourth-order valence-corrected chi connectivity index (χ4v) is 2.49. The Morgan fingerprint density at radius 3 is 2.89 bits per heavy atom. The molecule has 1 saturated carbocycles. The fourth-order valence-electron chi connectivity index (χ4n) is 2.49. The van der Waals surface area contributed by atoms with Crippen LogP contribution in [-0.4, -0.2) is 16.1 Å². The third-order valence-electron chi connectivity index (χ3n) is 3.34. The van der Waals surface area contributed by atoms with E-state index in [4.69, 9.17) is 10.5 Å². The minimum Gasteiger partial charge on any atom is -0.490 e. The van der Waals surface area contributed by atoms with Gasteiger partial charge in [0.25, 0.3) is 0 Å². The van der Waals surface area contributed by atoms with Crippen molar-refractivity contribution >= 4 is 16.7 Å². The number of nitrogens with zero attached hydrogens (tertiary/aromatic N) is 1. The summed E-state index contributed by atoms with van der Waals surface area (Å²) in [6.07, 6.45) is 4.82. The van der Waals surface area contributed by atoms with E-state index in [0.29, 0.717) is 16.7 Å². The van der Waals surface area contributed by atoms with Crippen LogP contribution in [0.25, 0.3) is 10.9 Å². The summed E-state index contributed by atoms with van der Waals surface area (Å²) in [6.45, 7) is 0. The van der Waals surface area contributed by atoms with Gasteiger partial charge in [-0.15, -0.1) is 0 Å². The molecule has 0 spiro atoms. The van der Waals surface area contributed by atoms with Crippen LogP contribution >= 0.6 is 0 Å². The predicted molar refractivity (Wildman–Crippen MR) is 69.7 cm³/mol. The van der Waals surface area contributed by atoms with Crippen LogP contribution in [0.15, 0.2) is 23.0 Å². The van der Waals surface area contributed by atoms with Gasteiger partial charge in [0.15, 0.2) is 0 Å². The normalized spacial score (nSPS) is 16.2. The lowest BCUT2D eigenvalue weighted by molar-refractivity contribution is 0.213. The number of aromatic nitrogens is 2. The van der Waals surface area contributed by atoms with Crippen LogP contribution < -0.4 is 16.2 Å². The van der Waals surface area contributed by atoms with Crippen LogP contribution in [0.3, 0.4) is 0 Å². The maximum absolute atomic E-state index is 11.3. The summed E-state index contributed by atoms with van der Waals surface area (Å²) >= 11 is 0. The number of nitrogen functional groups attached to an aromatic ring is 1. The number of nitrogens with two attached hydrogens (primary N) is 1. The summed E-state index contributed by atoms with van der Waals surface area (Å²) in [5.74, 6) is 0.933. The van der Waals surface area contributed by atoms with E-state index in [1.54, 1.807) is 6.07 Å². The minimum atomic E-state index is -0.432. The van der Waals surface area contributed by atoms with Crippen LogP contribution in [0, 0.1) is 0 Å². The molecule has 3 rings (SSSR count). The largest absolute Gasteiger partial charge is 0.490 e. The molecule has 0 unspecified atom stereocenters. The SMILES string of the molecule is Nc1nc(=O)[nH]c2cccc(OC3CCCC3)c12. The van der Waals surface area contributed by atoms with Gasteiger partial charge in [0, 0.05) is 0 Å². The van der Waals surface area contributed by atoms with Gasteiger partial charge in [-0.3, -0.25) is 0 Å². The third-order valence-corrected chi connectivity index (χ3v) is 3.34. The number of rotatable bonds is 2. The van der Waals surface area contributed by atoms with Gasteiger partial charge in [-0.05, 0) is 37.8 Å². The summed E-state index contributed by atoms with van der Waals surface area (Å²) in [4.78, 5) is 17.7. The second kappa shape index (κ2) is 4.33. The van der Waals surface area contributed by atoms with Crippen molar-refractivity contribution in [1.82, 2.24) is 9.97 Å². The first-order valence-corrected chi connectivity index (χ1v) is 6.19. The van der Waals surface area contributed by atoms with Crippen molar-refractivity contribution in [3.8, 4) is 5.75 Å². The molecule has 3 N–H and O–H groups in total. The second-order valence-corrected chi connectivity index (χ2v) is 4.63. The van der Waals surface area contributed by atoms with Gasteiger partial charge < -0.3 is 15.5 Å². The number of nitrogens with one attached hydrogen (secondary N) is 1. The molecule has 0 atom stereocenters. The molecule has 94 valence electrons. The zero-order valence-electron chi connectivity index (χ0n) is 9.98. The molecule has 1 fully saturated rings. The molecule has 5 nitrogen and oxygen atoms in total. The minimum absolute atomic E-state index is 0.224. The molecule has 1 aliphatic carbocycles. The molecular weight excluding hydrogens is 230 g/mol. The smallest absolute Gasteiger partial charge is 0.347 e. The lowest BCUT2D eigenvalue weighted by Gasteiger charge is -2.15. The van der Waals surface area contributed by atoms with Gasteiger partial charge >= 0.3 is 5.69 Å². The zero-order chi connectivity index (χ0) is 12.5. The van der Waals surface area contributed by atoms with Gasteiger partial charge in [0.05, 0.1) is 17.0 Å². The molecular formula is C13H15N3O2. The Kier molecular flexibility index (Phi) is 2.66. The van der Waals surface area contributed by atoms with E-state index in [0.717, 1.165) is 12.8 Å². The van der Waals surface area contributed by atoms with Crippen molar-refractivity contribution in [2.45, 2.75) is 31.8 Å². The molecule has 0 radical (unpaired) electrons. The highest BCUT2D eigenvalue weighted by Gasteiger charge is 2.18. The summed E-state index contributed by atoms with van der Waals surface area (Å²) in [5.41, 5.74) is 6.06. The van der Waals surface area contributed by atoms with E-state index >= 15 is 0 Å². The Morgan fingerprint density at radius 1 is 1.33 bits per heavy atom. The van der Waals surface area contributed by atoms with Crippen molar-refractivity contribution in [3.05, 3.63) is 28.7 Å². The van der Waals surface area contributed by atoms with E-state index in [9.17, 15) is 4.79 Å². The zero-order valence-corrected chi connectivity index (χ0v) is 9.98. The molecule has 18 heavy (non-hydrogen) atoms. The van der Waals surface area contributed by atoms with Crippen molar-refractivity contribution in [1.29, 1.82) is 0 Å². The molecule has 1 aromatic heterocycles. The maximum Gasteiger partial charge on any atom is 0.347 e. The van der Waals surface area contributed by atoms with E-state index in [-0.39, 0.29) is 11.9 Å². The van der Waals surface area contributed by atoms with E-state index in [1.807, 2.05) is 12.1 Å². The second-order valence-electron chi connectivity index (χ2n) is 4.63. The first-order valence-electron chi connectivity index (χ1n) is 6.19. The standard InChI is InChI=1S/C13H15N3O2/c14-12-11-9(15-13(17)16-12)6-3-7-10(11)18-8-4-1-2-5-8/h3,6-8H,1-2,4-5H2,(H3,14,15,16,17). The number of benzene rings is 1. The van der Waals surface area contributed by atoms with E-state index in [1.165, 1.54) is 12.8 Å². The summed E-state index contributed by atoms with van der Waals surface area (Å²) < 4.78 is 5.97. The van der Waals surface area contributed by atoms with Gasteiger partial charge in [0.1, 0.15) is 11.6 Å². The van der Waals surface area contributed by atoms with Gasteiger partial charge in [0.2, 0.25) is 0 Å². The molecule has 0 saturated heterocycles. The molecule has 1 aromatic carbocycles. The van der Waals surface area contributed by atoms with Crippen molar-refractivity contribution in [2.75, 3.05) is 5.73 Å². The van der Waals surface area contributed by atoms with Gasteiger partial charge in [-0.1, -0.05) is 6.07 Å². The molecule has 5 heteroatoms. The number of ether oxygens (including phenoxy) is 1. The molecule has 1 heterocycles. The quantitative estimate of drug-likeness (QED) is 0.845. The Balaban J connectivity index is 2.08. The lowest BCUT2D eigenvalue weighted by Crippen LogP contribution is -2.15. The van der Waals surface area contributed by atoms with Crippen LogP contribution in [0.2, 0.25) is 0 Å². The maximum atomic E-state index is 11.3. The first kappa shape index (κ1) is 11.1. The summed E-state index contributed by atoms with van der Waals surface area (Å²) in [7, 11) is 0. The number of anilines is 1. The number of hydrogen-bond donors (Lipinski definition) is 2. The molecule has 1 aliphatic rings. The molecule has 0 amide bonds. The van der Waals surface area contributed by atoms with Crippen molar-refractivity contribution in [3.63, 3.8) is 0 Å². The van der Waals surface area contributed by atoms with Gasteiger partial charge in [-0.2, -0.15) is 4.98 Å². The van der Waals surface area contributed by atoms with Crippen molar-refractivity contribution < 1.29 is 4.74 Å². The monoisotopic (exact) mass is 245 g/mol. The average Bonchev–Trinajstić information content (AvgIpc) is 2.81. The van der Waals surface area contributed by atoms with Crippen LogP contribution in [-0.2, 0) is 0 Å².